The topological polar surface area (TPSA) is 61.8 Å². The monoisotopic (exact) mass is 334 g/mol. The highest BCUT2D eigenvalue weighted by Crippen LogP contribution is 2.19. The van der Waals surface area contributed by atoms with Gasteiger partial charge in [0, 0.05) is 25.2 Å². The number of carbonyl (C=O) groups excluding carboxylic acids is 1. The summed E-state index contributed by atoms with van der Waals surface area (Å²) in [5, 5.41) is 12.5. The second-order valence-corrected chi connectivity index (χ2v) is 6.73. The van der Waals surface area contributed by atoms with E-state index in [2.05, 4.69) is 10.2 Å². The molecule has 1 amide bonds. The van der Waals surface area contributed by atoms with Gasteiger partial charge < -0.3 is 20.1 Å². The Kier molecular flexibility index (Phi) is 7.53. The molecule has 0 unspecified atom stereocenters. The highest BCUT2D eigenvalue weighted by atomic mass is 16.5. The van der Waals surface area contributed by atoms with Crippen molar-refractivity contribution in [2.24, 2.45) is 0 Å². The van der Waals surface area contributed by atoms with E-state index < -0.39 is 0 Å². The first kappa shape index (κ1) is 18.7. The fourth-order valence-corrected chi connectivity index (χ4v) is 2.93. The minimum absolute atomic E-state index is 0.0314. The van der Waals surface area contributed by atoms with E-state index in [0.717, 1.165) is 50.2 Å². The number of rotatable bonds is 8. The molecule has 0 spiro atoms. The third-order valence-electron chi connectivity index (χ3n) is 4.22. The molecule has 5 heteroatoms. The molecular weight excluding hydrogens is 304 g/mol. The number of aliphatic hydroxyl groups excluding tert-OH is 1. The normalized spacial score (nSPS) is 16.3. The van der Waals surface area contributed by atoms with E-state index >= 15 is 0 Å². The summed E-state index contributed by atoms with van der Waals surface area (Å²) in [5.41, 5.74) is 0.925. The van der Waals surface area contributed by atoms with E-state index in [4.69, 9.17) is 4.74 Å². The van der Waals surface area contributed by atoms with Gasteiger partial charge in [-0.25, -0.2) is 0 Å². The maximum Gasteiger partial charge on any atom is 0.224 e. The Balaban J connectivity index is 1.68. The quantitative estimate of drug-likeness (QED) is 0.714. The summed E-state index contributed by atoms with van der Waals surface area (Å²) in [5.74, 6) is 0.818. The second-order valence-electron chi connectivity index (χ2n) is 6.73. The van der Waals surface area contributed by atoms with Crippen LogP contribution in [0.3, 0.4) is 0 Å². The van der Waals surface area contributed by atoms with E-state index in [1.54, 1.807) is 0 Å². The third-order valence-corrected chi connectivity index (χ3v) is 4.22. The van der Waals surface area contributed by atoms with Gasteiger partial charge in [-0.2, -0.15) is 0 Å². The second kappa shape index (κ2) is 9.64. The van der Waals surface area contributed by atoms with Crippen LogP contribution in [-0.2, 0) is 11.2 Å². The molecule has 0 aliphatic carbocycles. The number of aliphatic hydroxyl groups is 1. The van der Waals surface area contributed by atoms with E-state index in [-0.39, 0.29) is 18.1 Å². The Morgan fingerprint density at radius 3 is 2.75 bits per heavy atom. The molecule has 1 aromatic rings. The molecule has 0 radical (unpaired) electrons. The summed E-state index contributed by atoms with van der Waals surface area (Å²) < 4.78 is 5.75. The summed E-state index contributed by atoms with van der Waals surface area (Å²) >= 11 is 0. The van der Waals surface area contributed by atoms with Gasteiger partial charge in [-0.3, -0.25) is 4.79 Å². The number of amides is 1. The lowest BCUT2D eigenvalue weighted by molar-refractivity contribution is -0.120. The summed E-state index contributed by atoms with van der Waals surface area (Å²) in [6, 6.07) is 7.71. The summed E-state index contributed by atoms with van der Waals surface area (Å²) in [4.78, 5) is 14.5. The average molecular weight is 334 g/mol. The highest BCUT2D eigenvalue weighted by Gasteiger charge is 2.16. The molecule has 1 saturated heterocycles. The van der Waals surface area contributed by atoms with E-state index in [0.29, 0.717) is 13.0 Å². The lowest BCUT2D eigenvalue weighted by Crippen LogP contribution is -2.37. The molecule has 1 fully saturated rings. The number of nitrogens with zero attached hydrogens (tertiary/aromatic N) is 1. The molecule has 0 atom stereocenters. The summed E-state index contributed by atoms with van der Waals surface area (Å²) in [6.07, 6.45) is 2.97. The van der Waals surface area contributed by atoms with E-state index in [1.165, 1.54) is 0 Å². The van der Waals surface area contributed by atoms with Gasteiger partial charge in [0.15, 0.2) is 0 Å². The molecular formula is C19H30N2O3. The first-order chi connectivity index (χ1) is 11.5. The van der Waals surface area contributed by atoms with Crippen molar-refractivity contribution in [3.63, 3.8) is 0 Å². The first-order valence-electron chi connectivity index (χ1n) is 8.96. The zero-order valence-electron chi connectivity index (χ0n) is 14.8. The number of ether oxygens (including phenoxy) is 1. The Hall–Kier alpha value is -1.59. The number of likely N-dealkylation sites (tertiary alicyclic amines) is 1. The predicted octanol–water partition coefficient (Wildman–Crippen LogP) is 1.98. The third kappa shape index (κ3) is 6.49. The number of nitrogens with one attached hydrogen (secondary N) is 1. The van der Waals surface area contributed by atoms with Crippen LogP contribution in [0, 0.1) is 0 Å². The van der Waals surface area contributed by atoms with Gasteiger partial charge in [-0.15, -0.1) is 0 Å². The summed E-state index contributed by atoms with van der Waals surface area (Å²) in [7, 11) is 0. The average Bonchev–Trinajstić information content (AvgIpc) is 2.55. The van der Waals surface area contributed by atoms with Crippen LogP contribution in [0.15, 0.2) is 24.3 Å². The van der Waals surface area contributed by atoms with Crippen molar-refractivity contribution < 1.29 is 14.6 Å². The maximum absolute atomic E-state index is 12.1. The molecule has 0 bridgehead atoms. The zero-order chi connectivity index (χ0) is 17.4. The van der Waals surface area contributed by atoms with Gasteiger partial charge in [0.25, 0.3) is 0 Å². The van der Waals surface area contributed by atoms with Crippen molar-refractivity contribution in [3.05, 3.63) is 29.8 Å². The smallest absolute Gasteiger partial charge is 0.224 e. The standard InChI is InChI=1S/C19H30N2O3/c1-15(2)24-18-7-4-3-6-16(18)14-19(23)20-10-5-11-21-12-8-17(22)9-13-21/h3-4,6-7,15,17,22H,5,8-14H2,1-2H3,(H,20,23). The van der Waals surface area contributed by atoms with Crippen molar-refractivity contribution >= 4 is 5.91 Å². The molecule has 1 heterocycles. The van der Waals surface area contributed by atoms with Crippen LogP contribution in [0.1, 0.15) is 38.7 Å². The number of benzene rings is 1. The van der Waals surface area contributed by atoms with Crippen LogP contribution in [0.2, 0.25) is 0 Å². The van der Waals surface area contributed by atoms with Crippen molar-refractivity contribution in [2.75, 3.05) is 26.2 Å². The molecule has 1 aliphatic heterocycles. The van der Waals surface area contributed by atoms with Gasteiger partial charge in [0.2, 0.25) is 5.91 Å². The van der Waals surface area contributed by atoms with Crippen molar-refractivity contribution in [1.82, 2.24) is 10.2 Å². The van der Waals surface area contributed by atoms with Crippen LogP contribution in [0.25, 0.3) is 0 Å². The highest BCUT2D eigenvalue weighted by molar-refractivity contribution is 5.79. The van der Waals surface area contributed by atoms with E-state index in [1.807, 2.05) is 38.1 Å². The molecule has 2 rings (SSSR count). The summed E-state index contributed by atoms with van der Waals surface area (Å²) in [6.45, 7) is 7.53. The van der Waals surface area contributed by atoms with E-state index in [9.17, 15) is 9.90 Å². The fraction of sp³-hybridized carbons (Fsp3) is 0.632. The van der Waals surface area contributed by atoms with Gasteiger partial charge in [0.05, 0.1) is 18.6 Å². The van der Waals surface area contributed by atoms with Crippen LogP contribution < -0.4 is 10.1 Å². The number of hydrogen-bond acceptors (Lipinski definition) is 4. The number of piperidine rings is 1. The molecule has 134 valence electrons. The Bertz CT molecular complexity index is 511. The molecule has 5 nitrogen and oxygen atoms in total. The predicted molar refractivity (Wildman–Crippen MR) is 95.2 cm³/mol. The van der Waals surface area contributed by atoms with Crippen molar-refractivity contribution in [1.29, 1.82) is 0 Å². The lowest BCUT2D eigenvalue weighted by Gasteiger charge is -2.29. The van der Waals surface area contributed by atoms with Gasteiger partial charge in [-0.05, 0) is 45.7 Å². The largest absolute Gasteiger partial charge is 0.491 e. The molecule has 0 saturated carbocycles. The van der Waals surface area contributed by atoms with Crippen molar-refractivity contribution in [3.8, 4) is 5.75 Å². The number of carbonyl (C=O) groups is 1. The minimum Gasteiger partial charge on any atom is -0.491 e. The lowest BCUT2D eigenvalue weighted by atomic mass is 10.1. The molecule has 1 aliphatic rings. The SMILES string of the molecule is CC(C)Oc1ccccc1CC(=O)NCCCN1CCC(O)CC1. The molecule has 24 heavy (non-hydrogen) atoms. The fourth-order valence-electron chi connectivity index (χ4n) is 2.93. The maximum atomic E-state index is 12.1. The zero-order valence-corrected chi connectivity index (χ0v) is 14.8. The molecule has 2 N–H and O–H groups in total. The van der Waals surface area contributed by atoms with Gasteiger partial charge in [0.1, 0.15) is 5.75 Å². The Morgan fingerprint density at radius 1 is 1.33 bits per heavy atom. The van der Waals surface area contributed by atoms with Gasteiger partial charge >= 0.3 is 0 Å². The minimum atomic E-state index is -0.130. The van der Waals surface area contributed by atoms with Crippen molar-refractivity contribution in [2.45, 2.75) is 51.7 Å². The van der Waals surface area contributed by atoms with Crippen LogP contribution >= 0.6 is 0 Å². The first-order valence-corrected chi connectivity index (χ1v) is 8.96. The van der Waals surface area contributed by atoms with Crippen LogP contribution in [0.4, 0.5) is 0 Å². The number of hydrogen-bond donors (Lipinski definition) is 2. The molecule has 0 aromatic heterocycles. The molecule has 1 aromatic carbocycles. The van der Waals surface area contributed by atoms with Crippen LogP contribution in [-0.4, -0.2) is 54.3 Å². The Morgan fingerprint density at radius 2 is 2.04 bits per heavy atom. The van der Waals surface area contributed by atoms with Crippen LogP contribution in [0.5, 0.6) is 5.75 Å². The Labute approximate surface area is 145 Å². The number of para-hydroxylation sites is 1. The van der Waals surface area contributed by atoms with Gasteiger partial charge in [-0.1, -0.05) is 18.2 Å².